The summed E-state index contributed by atoms with van der Waals surface area (Å²) in [6, 6.07) is 4.60. The molecule has 2 amide bonds. The lowest BCUT2D eigenvalue weighted by molar-refractivity contribution is -0.122. The van der Waals surface area contributed by atoms with Gasteiger partial charge in [-0.15, -0.1) is 0 Å². The van der Waals surface area contributed by atoms with Crippen molar-refractivity contribution in [3.8, 4) is 0 Å². The van der Waals surface area contributed by atoms with Crippen molar-refractivity contribution in [1.82, 2.24) is 15.6 Å². The van der Waals surface area contributed by atoms with E-state index in [1.54, 1.807) is 0 Å². The van der Waals surface area contributed by atoms with E-state index < -0.39 is 0 Å². The van der Waals surface area contributed by atoms with Crippen LogP contribution in [0, 0.1) is 20.8 Å². The van der Waals surface area contributed by atoms with E-state index in [2.05, 4.69) is 41.6 Å². The quantitative estimate of drug-likeness (QED) is 0.728. The second-order valence-electron chi connectivity index (χ2n) is 7.91. The van der Waals surface area contributed by atoms with Gasteiger partial charge in [0.25, 0.3) is 0 Å². The van der Waals surface area contributed by atoms with Gasteiger partial charge >= 0.3 is 0 Å². The average Bonchev–Trinajstić information content (AvgIpc) is 2.92. The van der Waals surface area contributed by atoms with Gasteiger partial charge in [0.05, 0.1) is 6.42 Å². The molecule has 5 heteroatoms. The Bertz CT molecular complexity index is 832. The summed E-state index contributed by atoms with van der Waals surface area (Å²) >= 11 is 0. The number of benzene rings is 1. The van der Waals surface area contributed by atoms with Crippen LogP contribution in [0.2, 0.25) is 0 Å². The first-order valence-corrected chi connectivity index (χ1v) is 10.1. The van der Waals surface area contributed by atoms with Crippen LogP contribution in [-0.2, 0) is 16.0 Å². The number of carbonyl (C=O) groups excluding carboxylic acids is 2. The van der Waals surface area contributed by atoms with Crippen molar-refractivity contribution in [3.63, 3.8) is 0 Å². The molecule has 146 valence electrons. The highest BCUT2D eigenvalue weighted by Crippen LogP contribution is 2.26. The maximum Gasteiger partial charge on any atom is 0.224 e. The van der Waals surface area contributed by atoms with E-state index in [0.29, 0.717) is 25.4 Å². The highest BCUT2D eigenvalue weighted by atomic mass is 16.2. The van der Waals surface area contributed by atoms with Crippen LogP contribution in [-0.4, -0.2) is 29.4 Å². The lowest BCUT2D eigenvalue weighted by Gasteiger charge is -2.22. The van der Waals surface area contributed by atoms with Crippen molar-refractivity contribution < 1.29 is 9.59 Å². The highest BCUT2D eigenvalue weighted by molar-refractivity contribution is 5.92. The molecule has 1 aliphatic rings. The molecule has 1 heterocycles. The summed E-state index contributed by atoms with van der Waals surface area (Å²) < 4.78 is 0. The van der Waals surface area contributed by atoms with Gasteiger partial charge in [0.15, 0.2) is 0 Å². The van der Waals surface area contributed by atoms with Gasteiger partial charge in [-0.05, 0) is 50.8 Å². The molecule has 27 heavy (non-hydrogen) atoms. The van der Waals surface area contributed by atoms with Crippen molar-refractivity contribution in [2.75, 3.05) is 6.54 Å². The van der Waals surface area contributed by atoms with Gasteiger partial charge in [-0.3, -0.25) is 9.59 Å². The van der Waals surface area contributed by atoms with E-state index in [-0.39, 0.29) is 11.8 Å². The number of aromatic nitrogens is 1. The predicted molar refractivity (Wildman–Crippen MR) is 109 cm³/mol. The molecule has 1 saturated carbocycles. The van der Waals surface area contributed by atoms with Crippen molar-refractivity contribution in [2.45, 2.75) is 71.8 Å². The van der Waals surface area contributed by atoms with Crippen LogP contribution in [0.25, 0.3) is 10.9 Å². The fourth-order valence-corrected chi connectivity index (χ4v) is 4.15. The summed E-state index contributed by atoms with van der Waals surface area (Å²) in [7, 11) is 0. The third-order valence-electron chi connectivity index (χ3n) is 5.55. The number of amides is 2. The second kappa shape index (κ2) is 8.59. The number of rotatable bonds is 6. The molecule has 1 aromatic carbocycles. The topological polar surface area (TPSA) is 74.0 Å². The molecule has 1 aliphatic carbocycles. The Morgan fingerprint density at radius 2 is 1.81 bits per heavy atom. The highest BCUT2D eigenvalue weighted by Gasteiger charge is 2.16. The number of fused-ring (bicyclic) bond motifs is 1. The number of aryl methyl sites for hydroxylation is 3. The van der Waals surface area contributed by atoms with Gasteiger partial charge in [0, 0.05) is 35.6 Å². The van der Waals surface area contributed by atoms with Gasteiger partial charge in [0.2, 0.25) is 11.8 Å². The Morgan fingerprint density at radius 1 is 1.07 bits per heavy atom. The standard InChI is InChI=1S/C22H31N3O2/c1-14-11-15(2)22-19(12-14)18(16(3)24-22)13-21(27)23-10-9-20(26)25-17-7-5-4-6-8-17/h11-12,17,24H,4-10,13H2,1-3H3,(H,23,27)(H,25,26). The monoisotopic (exact) mass is 369 g/mol. The molecule has 0 aliphatic heterocycles. The number of hydrogen-bond acceptors (Lipinski definition) is 2. The minimum Gasteiger partial charge on any atom is -0.358 e. The van der Waals surface area contributed by atoms with Crippen LogP contribution < -0.4 is 10.6 Å². The Labute approximate surface area is 161 Å². The van der Waals surface area contributed by atoms with Crippen LogP contribution in [0.3, 0.4) is 0 Å². The molecule has 0 bridgehead atoms. The van der Waals surface area contributed by atoms with Crippen LogP contribution in [0.4, 0.5) is 0 Å². The largest absolute Gasteiger partial charge is 0.358 e. The summed E-state index contributed by atoms with van der Waals surface area (Å²) in [6.07, 6.45) is 6.50. The second-order valence-corrected chi connectivity index (χ2v) is 7.91. The first-order chi connectivity index (χ1) is 12.9. The summed E-state index contributed by atoms with van der Waals surface area (Å²) in [6.45, 7) is 6.55. The summed E-state index contributed by atoms with van der Waals surface area (Å²) in [5.41, 5.74) is 5.57. The van der Waals surface area contributed by atoms with Gasteiger partial charge in [-0.1, -0.05) is 30.9 Å². The van der Waals surface area contributed by atoms with Gasteiger partial charge in [0.1, 0.15) is 0 Å². The third kappa shape index (κ3) is 4.90. The molecule has 1 fully saturated rings. The van der Waals surface area contributed by atoms with E-state index in [1.807, 2.05) is 6.92 Å². The van der Waals surface area contributed by atoms with E-state index in [4.69, 9.17) is 0 Å². The van der Waals surface area contributed by atoms with Crippen molar-refractivity contribution in [3.05, 3.63) is 34.5 Å². The van der Waals surface area contributed by atoms with E-state index >= 15 is 0 Å². The zero-order valence-electron chi connectivity index (χ0n) is 16.7. The number of nitrogens with one attached hydrogen (secondary N) is 3. The fourth-order valence-electron chi connectivity index (χ4n) is 4.15. The van der Waals surface area contributed by atoms with Gasteiger partial charge in [-0.2, -0.15) is 0 Å². The van der Waals surface area contributed by atoms with Crippen molar-refractivity contribution in [1.29, 1.82) is 0 Å². The summed E-state index contributed by atoms with van der Waals surface area (Å²) in [4.78, 5) is 27.8. The van der Waals surface area contributed by atoms with Gasteiger partial charge in [-0.25, -0.2) is 0 Å². The van der Waals surface area contributed by atoms with Crippen molar-refractivity contribution in [2.24, 2.45) is 0 Å². The maximum absolute atomic E-state index is 12.4. The Balaban J connectivity index is 1.51. The first-order valence-electron chi connectivity index (χ1n) is 10.1. The fraction of sp³-hybridized carbons (Fsp3) is 0.545. The predicted octanol–water partition coefficient (Wildman–Crippen LogP) is 3.59. The molecule has 0 unspecified atom stereocenters. The molecule has 0 radical (unpaired) electrons. The molecule has 5 nitrogen and oxygen atoms in total. The molecule has 3 rings (SSSR count). The maximum atomic E-state index is 12.4. The van der Waals surface area contributed by atoms with Crippen LogP contribution >= 0.6 is 0 Å². The number of carbonyl (C=O) groups is 2. The van der Waals surface area contributed by atoms with Crippen LogP contribution in [0.1, 0.15) is 60.9 Å². The van der Waals surface area contributed by atoms with Crippen LogP contribution in [0.15, 0.2) is 12.1 Å². The molecule has 3 N–H and O–H groups in total. The number of aromatic amines is 1. The third-order valence-corrected chi connectivity index (χ3v) is 5.55. The zero-order chi connectivity index (χ0) is 19.4. The molecule has 0 spiro atoms. The number of hydrogen-bond donors (Lipinski definition) is 3. The lowest BCUT2D eigenvalue weighted by Crippen LogP contribution is -2.38. The molecular weight excluding hydrogens is 338 g/mol. The van der Waals surface area contributed by atoms with Crippen LogP contribution in [0.5, 0.6) is 0 Å². The van der Waals surface area contributed by atoms with E-state index in [0.717, 1.165) is 35.0 Å². The Hall–Kier alpha value is -2.30. The van der Waals surface area contributed by atoms with Gasteiger partial charge < -0.3 is 15.6 Å². The average molecular weight is 370 g/mol. The Morgan fingerprint density at radius 3 is 2.56 bits per heavy atom. The number of H-pyrrole nitrogens is 1. The molecule has 0 atom stereocenters. The first kappa shape index (κ1) is 19.5. The Kier molecular flexibility index (Phi) is 6.19. The molecule has 0 saturated heterocycles. The normalized spacial score (nSPS) is 15.1. The smallest absolute Gasteiger partial charge is 0.224 e. The molecular formula is C22H31N3O2. The molecule has 1 aromatic heterocycles. The SMILES string of the molecule is Cc1cc(C)c2[nH]c(C)c(CC(=O)NCCC(=O)NC3CCCCC3)c2c1. The summed E-state index contributed by atoms with van der Waals surface area (Å²) in [5, 5.41) is 7.11. The molecule has 2 aromatic rings. The summed E-state index contributed by atoms with van der Waals surface area (Å²) in [5.74, 6) is 0.000324. The van der Waals surface area contributed by atoms with E-state index in [1.165, 1.54) is 30.4 Å². The minimum absolute atomic E-state index is 0.0383. The van der Waals surface area contributed by atoms with Crippen molar-refractivity contribution >= 4 is 22.7 Å². The zero-order valence-corrected chi connectivity index (χ0v) is 16.7. The van der Waals surface area contributed by atoms with E-state index in [9.17, 15) is 9.59 Å². The lowest BCUT2D eigenvalue weighted by atomic mass is 9.95. The minimum atomic E-state index is -0.0383.